The molecule has 1 saturated heterocycles. The predicted molar refractivity (Wildman–Crippen MR) is 76.0 cm³/mol. The Balaban J connectivity index is 1.76. The molecular formula is C14H22N4O. The van der Waals surface area contributed by atoms with Gasteiger partial charge in [-0.1, -0.05) is 5.92 Å². The largest absolute Gasteiger partial charge is 0.383 e. The number of nitrogens with zero attached hydrogens (tertiary/aromatic N) is 3. The second-order valence-corrected chi connectivity index (χ2v) is 4.88. The lowest BCUT2D eigenvalue weighted by Gasteiger charge is -2.31. The summed E-state index contributed by atoms with van der Waals surface area (Å²) in [7, 11) is 1.70. The van der Waals surface area contributed by atoms with Crippen molar-refractivity contribution < 1.29 is 4.74 Å². The fourth-order valence-electron chi connectivity index (χ4n) is 2.35. The van der Waals surface area contributed by atoms with Crippen molar-refractivity contribution in [3.05, 3.63) is 12.4 Å². The molecule has 0 aliphatic carbocycles. The van der Waals surface area contributed by atoms with E-state index in [-0.39, 0.29) is 0 Å². The lowest BCUT2D eigenvalue weighted by molar-refractivity contribution is 0.183. The average molecular weight is 262 g/mol. The van der Waals surface area contributed by atoms with E-state index in [9.17, 15) is 0 Å². The standard InChI is InChI=1S/C14H22N4O/c1-3-6-17-7-4-13(5-8-17)16-14-11-15-18(12-14)9-10-19-2/h1,11-13,16H,4-10H2,2H3. The monoisotopic (exact) mass is 262 g/mol. The van der Waals surface area contributed by atoms with Crippen LogP contribution in [0, 0.1) is 12.3 Å². The van der Waals surface area contributed by atoms with Gasteiger partial charge in [0, 0.05) is 32.4 Å². The number of hydrogen-bond acceptors (Lipinski definition) is 4. The molecule has 0 spiro atoms. The zero-order valence-electron chi connectivity index (χ0n) is 11.5. The number of methoxy groups -OCH3 is 1. The highest BCUT2D eigenvalue weighted by molar-refractivity contribution is 5.39. The summed E-state index contributed by atoms with van der Waals surface area (Å²) in [6, 6.07) is 0.522. The molecule has 0 atom stereocenters. The van der Waals surface area contributed by atoms with Crippen molar-refractivity contribution in [1.82, 2.24) is 14.7 Å². The van der Waals surface area contributed by atoms with Gasteiger partial charge in [0.1, 0.15) is 0 Å². The molecule has 0 aromatic carbocycles. The molecule has 5 heteroatoms. The average Bonchev–Trinajstić information content (AvgIpc) is 2.87. The Bertz CT molecular complexity index is 415. The molecule has 0 unspecified atom stereocenters. The van der Waals surface area contributed by atoms with E-state index in [1.54, 1.807) is 7.11 Å². The topological polar surface area (TPSA) is 42.3 Å². The van der Waals surface area contributed by atoms with E-state index in [2.05, 4.69) is 21.2 Å². The second kappa shape index (κ2) is 7.17. The van der Waals surface area contributed by atoms with Crippen LogP contribution in [-0.4, -0.2) is 54.1 Å². The van der Waals surface area contributed by atoms with Gasteiger partial charge in [-0.3, -0.25) is 9.58 Å². The molecular weight excluding hydrogens is 240 g/mol. The zero-order valence-corrected chi connectivity index (χ0v) is 11.5. The van der Waals surface area contributed by atoms with Crippen LogP contribution >= 0.6 is 0 Å². The van der Waals surface area contributed by atoms with E-state index in [0.717, 1.165) is 44.7 Å². The van der Waals surface area contributed by atoms with Gasteiger partial charge in [-0.2, -0.15) is 5.10 Å². The SMILES string of the molecule is C#CCN1CCC(Nc2cnn(CCOC)c2)CC1. The number of nitrogens with one attached hydrogen (secondary N) is 1. The van der Waals surface area contributed by atoms with Crippen molar-refractivity contribution in [1.29, 1.82) is 0 Å². The third-order valence-electron chi connectivity index (χ3n) is 3.43. The maximum atomic E-state index is 5.33. The maximum absolute atomic E-state index is 5.33. The first-order chi connectivity index (χ1) is 9.31. The van der Waals surface area contributed by atoms with Crippen LogP contribution in [-0.2, 0) is 11.3 Å². The highest BCUT2D eigenvalue weighted by Gasteiger charge is 2.18. The van der Waals surface area contributed by atoms with Crippen LogP contribution in [0.2, 0.25) is 0 Å². The molecule has 0 bridgehead atoms. The number of likely N-dealkylation sites (tertiary alicyclic amines) is 1. The van der Waals surface area contributed by atoms with Gasteiger partial charge in [0.2, 0.25) is 0 Å². The summed E-state index contributed by atoms with van der Waals surface area (Å²) in [6.45, 7) is 4.38. The summed E-state index contributed by atoms with van der Waals surface area (Å²) in [5.74, 6) is 2.71. The van der Waals surface area contributed by atoms with E-state index >= 15 is 0 Å². The Kier molecular flexibility index (Phi) is 5.25. The fraction of sp³-hybridized carbons (Fsp3) is 0.643. The molecule has 1 aromatic heterocycles. The van der Waals surface area contributed by atoms with E-state index in [0.29, 0.717) is 12.6 Å². The first kappa shape index (κ1) is 13.9. The molecule has 0 saturated carbocycles. The van der Waals surface area contributed by atoms with Gasteiger partial charge >= 0.3 is 0 Å². The molecule has 1 N–H and O–H groups in total. The lowest BCUT2D eigenvalue weighted by atomic mass is 10.1. The molecule has 0 radical (unpaired) electrons. The van der Waals surface area contributed by atoms with Crippen LogP contribution < -0.4 is 5.32 Å². The first-order valence-corrected chi connectivity index (χ1v) is 6.75. The van der Waals surface area contributed by atoms with E-state index in [1.807, 2.05) is 17.1 Å². The first-order valence-electron chi connectivity index (χ1n) is 6.75. The minimum atomic E-state index is 0.522. The summed E-state index contributed by atoms with van der Waals surface area (Å²) in [5, 5.41) is 7.84. The molecule has 0 amide bonds. The van der Waals surface area contributed by atoms with Crippen molar-refractivity contribution in [3.8, 4) is 12.3 Å². The van der Waals surface area contributed by atoms with Crippen LogP contribution in [0.15, 0.2) is 12.4 Å². The molecule has 1 aromatic rings. The van der Waals surface area contributed by atoms with Crippen LogP contribution in [0.25, 0.3) is 0 Å². The van der Waals surface area contributed by atoms with Crippen LogP contribution in [0.3, 0.4) is 0 Å². The number of ether oxygens (including phenoxy) is 1. The minimum Gasteiger partial charge on any atom is -0.383 e. The van der Waals surface area contributed by atoms with Gasteiger partial charge in [0.15, 0.2) is 0 Å². The highest BCUT2D eigenvalue weighted by Crippen LogP contribution is 2.15. The van der Waals surface area contributed by atoms with Crippen LogP contribution in [0.1, 0.15) is 12.8 Å². The molecule has 19 heavy (non-hydrogen) atoms. The Morgan fingerprint density at radius 2 is 2.32 bits per heavy atom. The Morgan fingerprint density at radius 1 is 1.53 bits per heavy atom. The van der Waals surface area contributed by atoms with Crippen molar-refractivity contribution in [2.24, 2.45) is 0 Å². The quantitative estimate of drug-likeness (QED) is 0.778. The molecule has 2 heterocycles. The number of piperidine rings is 1. The molecule has 1 fully saturated rings. The number of aromatic nitrogens is 2. The fourth-order valence-corrected chi connectivity index (χ4v) is 2.35. The van der Waals surface area contributed by atoms with Crippen molar-refractivity contribution in [2.75, 3.05) is 38.7 Å². The van der Waals surface area contributed by atoms with Gasteiger partial charge in [-0.05, 0) is 12.8 Å². The van der Waals surface area contributed by atoms with Gasteiger partial charge < -0.3 is 10.1 Å². The third kappa shape index (κ3) is 4.27. The maximum Gasteiger partial charge on any atom is 0.0728 e. The second-order valence-electron chi connectivity index (χ2n) is 4.88. The van der Waals surface area contributed by atoms with Gasteiger partial charge in [0.05, 0.1) is 31.6 Å². The predicted octanol–water partition coefficient (Wildman–Crippen LogP) is 1.04. The van der Waals surface area contributed by atoms with Crippen LogP contribution in [0.4, 0.5) is 5.69 Å². The smallest absolute Gasteiger partial charge is 0.0728 e. The van der Waals surface area contributed by atoms with E-state index in [1.165, 1.54) is 0 Å². The van der Waals surface area contributed by atoms with E-state index in [4.69, 9.17) is 11.2 Å². The number of terminal acetylenes is 1. The van der Waals surface area contributed by atoms with Crippen molar-refractivity contribution >= 4 is 5.69 Å². The molecule has 5 nitrogen and oxygen atoms in total. The lowest BCUT2D eigenvalue weighted by Crippen LogP contribution is -2.39. The molecule has 2 rings (SSSR count). The number of rotatable bonds is 6. The summed E-state index contributed by atoms with van der Waals surface area (Å²) < 4.78 is 6.94. The summed E-state index contributed by atoms with van der Waals surface area (Å²) in [4.78, 5) is 2.32. The number of anilines is 1. The summed E-state index contributed by atoms with van der Waals surface area (Å²) in [5.41, 5.74) is 1.09. The minimum absolute atomic E-state index is 0.522. The third-order valence-corrected chi connectivity index (χ3v) is 3.43. The summed E-state index contributed by atoms with van der Waals surface area (Å²) in [6.07, 6.45) is 11.5. The van der Waals surface area contributed by atoms with Crippen molar-refractivity contribution in [2.45, 2.75) is 25.4 Å². The number of hydrogen-bond donors (Lipinski definition) is 1. The molecule has 1 aliphatic heterocycles. The van der Waals surface area contributed by atoms with Crippen LogP contribution in [0.5, 0.6) is 0 Å². The Labute approximate surface area is 114 Å². The summed E-state index contributed by atoms with van der Waals surface area (Å²) >= 11 is 0. The Morgan fingerprint density at radius 3 is 3.00 bits per heavy atom. The van der Waals surface area contributed by atoms with Gasteiger partial charge in [0.25, 0.3) is 0 Å². The Hall–Kier alpha value is -1.51. The molecule has 1 aliphatic rings. The normalized spacial score (nSPS) is 17.3. The zero-order chi connectivity index (χ0) is 13.5. The highest BCUT2D eigenvalue weighted by atomic mass is 16.5. The van der Waals surface area contributed by atoms with E-state index < -0.39 is 0 Å². The van der Waals surface area contributed by atoms with Gasteiger partial charge in [-0.15, -0.1) is 6.42 Å². The van der Waals surface area contributed by atoms with Gasteiger partial charge in [-0.25, -0.2) is 0 Å². The van der Waals surface area contributed by atoms with Crippen molar-refractivity contribution in [3.63, 3.8) is 0 Å². The molecule has 104 valence electrons.